The van der Waals surface area contributed by atoms with E-state index < -0.39 is 12.5 Å². The molecule has 2 N–H and O–H groups in total. The first-order chi connectivity index (χ1) is 6.09. The van der Waals surface area contributed by atoms with Crippen molar-refractivity contribution in [2.45, 2.75) is 18.9 Å². The number of alkyl halides is 2. The molecule has 0 unspecified atom stereocenters. The van der Waals surface area contributed by atoms with Crippen molar-refractivity contribution >= 4 is 15.9 Å². The number of hydrogen-bond donors (Lipinski definition) is 1. The minimum absolute atomic E-state index is 0.330. The second-order valence-corrected chi connectivity index (χ2v) is 3.46. The van der Waals surface area contributed by atoms with Gasteiger partial charge in [-0.05, 0) is 27.6 Å². The molecule has 0 bridgehead atoms. The Labute approximate surface area is 83.3 Å². The Morgan fingerprint density at radius 2 is 2.15 bits per heavy atom. The average molecular weight is 251 g/mol. The lowest BCUT2D eigenvalue weighted by molar-refractivity contribution is 0.128. The Kier molecular flexibility index (Phi) is 3.74. The highest BCUT2D eigenvalue weighted by molar-refractivity contribution is 9.10. The Balaban J connectivity index is 2.66. The molecule has 1 rings (SSSR count). The summed E-state index contributed by atoms with van der Waals surface area (Å²) in [5.41, 5.74) is 6.14. The lowest BCUT2D eigenvalue weighted by Gasteiger charge is -2.10. The van der Waals surface area contributed by atoms with Gasteiger partial charge in [0.2, 0.25) is 6.43 Å². The number of aromatic nitrogens is 1. The van der Waals surface area contributed by atoms with Crippen molar-refractivity contribution < 1.29 is 8.78 Å². The maximum Gasteiger partial charge on any atom is 0.240 e. The highest BCUT2D eigenvalue weighted by atomic mass is 79.9. The molecule has 0 amide bonds. The largest absolute Gasteiger partial charge is 0.324 e. The van der Waals surface area contributed by atoms with Gasteiger partial charge in [0, 0.05) is 18.7 Å². The molecule has 0 saturated carbocycles. The van der Waals surface area contributed by atoms with Crippen LogP contribution in [0.2, 0.25) is 0 Å². The number of rotatable bonds is 3. The molecule has 1 aromatic heterocycles. The quantitative estimate of drug-likeness (QED) is 0.838. The summed E-state index contributed by atoms with van der Waals surface area (Å²) in [6, 6.07) is 2.73. The van der Waals surface area contributed by atoms with Gasteiger partial charge in [-0.15, -0.1) is 0 Å². The van der Waals surface area contributed by atoms with Gasteiger partial charge in [-0.25, -0.2) is 13.8 Å². The molecule has 0 saturated heterocycles. The van der Waals surface area contributed by atoms with E-state index in [9.17, 15) is 8.78 Å². The fourth-order valence-corrected chi connectivity index (χ4v) is 1.17. The van der Waals surface area contributed by atoms with Crippen LogP contribution in [0.15, 0.2) is 22.9 Å². The second kappa shape index (κ2) is 4.62. The third-order valence-electron chi connectivity index (χ3n) is 1.61. The van der Waals surface area contributed by atoms with Gasteiger partial charge in [-0.3, -0.25) is 0 Å². The third-order valence-corrected chi connectivity index (χ3v) is 2.08. The summed E-state index contributed by atoms with van der Waals surface area (Å²) >= 11 is 3.15. The van der Waals surface area contributed by atoms with E-state index in [0.29, 0.717) is 10.2 Å². The summed E-state index contributed by atoms with van der Waals surface area (Å²) in [6.07, 6.45) is -1.21. The van der Waals surface area contributed by atoms with Crippen molar-refractivity contribution in [2.75, 3.05) is 0 Å². The first kappa shape index (κ1) is 10.5. The summed E-state index contributed by atoms with van der Waals surface area (Å²) in [5, 5.41) is 0. The van der Waals surface area contributed by atoms with E-state index in [1.54, 1.807) is 12.1 Å². The van der Waals surface area contributed by atoms with Crippen LogP contribution in [0.3, 0.4) is 0 Å². The molecule has 2 nitrogen and oxygen atoms in total. The van der Waals surface area contributed by atoms with Gasteiger partial charge in [0.1, 0.15) is 4.60 Å². The van der Waals surface area contributed by atoms with E-state index in [-0.39, 0.29) is 6.42 Å². The van der Waals surface area contributed by atoms with Crippen LogP contribution >= 0.6 is 15.9 Å². The molecule has 72 valence electrons. The topological polar surface area (TPSA) is 38.9 Å². The molecule has 0 spiro atoms. The molecule has 1 atom stereocenters. The summed E-state index contributed by atoms with van der Waals surface area (Å²) in [4.78, 5) is 3.90. The molecule has 13 heavy (non-hydrogen) atoms. The van der Waals surface area contributed by atoms with Gasteiger partial charge in [0.15, 0.2) is 0 Å². The number of halogens is 3. The smallest absolute Gasteiger partial charge is 0.240 e. The Morgan fingerprint density at radius 3 is 2.62 bits per heavy atom. The highest BCUT2D eigenvalue weighted by Gasteiger charge is 2.12. The molecule has 0 aromatic carbocycles. The van der Waals surface area contributed by atoms with Gasteiger partial charge in [0.05, 0.1) is 0 Å². The molecule has 0 radical (unpaired) electrons. The second-order valence-electron chi connectivity index (χ2n) is 2.65. The van der Waals surface area contributed by atoms with E-state index in [4.69, 9.17) is 5.73 Å². The third kappa shape index (κ3) is 3.36. The van der Waals surface area contributed by atoms with Gasteiger partial charge >= 0.3 is 0 Å². The standard InChI is InChI=1S/C8H9BrF2N2/c9-7-2-1-5(4-13-7)6(12)3-8(10)11/h1-2,4,6,8H,3,12H2/t6-/m1/s1. The predicted molar refractivity (Wildman–Crippen MR) is 49.5 cm³/mol. The molecule has 0 aliphatic carbocycles. The van der Waals surface area contributed by atoms with E-state index in [1.165, 1.54) is 6.20 Å². The van der Waals surface area contributed by atoms with Crippen LogP contribution in [-0.2, 0) is 0 Å². The van der Waals surface area contributed by atoms with Crippen LogP contribution in [0, 0.1) is 0 Å². The lowest BCUT2D eigenvalue weighted by Crippen LogP contribution is -2.14. The first-order valence-electron chi connectivity index (χ1n) is 3.75. The number of nitrogens with zero attached hydrogens (tertiary/aromatic N) is 1. The zero-order chi connectivity index (χ0) is 9.84. The van der Waals surface area contributed by atoms with Crippen LogP contribution in [0.5, 0.6) is 0 Å². The monoisotopic (exact) mass is 250 g/mol. The summed E-state index contributed by atoms with van der Waals surface area (Å²) in [7, 11) is 0. The lowest BCUT2D eigenvalue weighted by atomic mass is 10.1. The van der Waals surface area contributed by atoms with Gasteiger partial charge in [-0.1, -0.05) is 6.07 Å². The predicted octanol–water partition coefficient (Wildman–Crippen LogP) is 2.50. The number of pyridine rings is 1. The minimum Gasteiger partial charge on any atom is -0.324 e. The SMILES string of the molecule is N[C@H](CC(F)F)c1ccc(Br)nc1. The molecular weight excluding hydrogens is 242 g/mol. The van der Waals surface area contributed by atoms with E-state index in [1.807, 2.05) is 0 Å². The van der Waals surface area contributed by atoms with E-state index >= 15 is 0 Å². The maximum atomic E-state index is 11.9. The van der Waals surface area contributed by atoms with Crippen molar-refractivity contribution in [3.63, 3.8) is 0 Å². The van der Waals surface area contributed by atoms with Crippen molar-refractivity contribution in [2.24, 2.45) is 5.73 Å². The molecule has 1 heterocycles. The average Bonchev–Trinajstić information content (AvgIpc) is 2.04. The maximum absolute atomic E-state index is 11.9. The molecule has 0 fully saturated rings. The van der Waals surface area contributed by atoms with Crippen LogP contribution in [-0.4, -0.2) is 11.4 Å². The van der Waals surface area contributed by atoms with Crippen LogP contribution in [0.4, 0.5) is 8.78 Å². The van der Waals surface area contributed by atoms with E-state index in [2.05, 4.69) is 20.9 Å². The molecule has 0 aliphatic rings. The van der Waals surface area contributed by atoms with Crippen molar-refractivity contribution in [3.8, 4) is 0 Å². The molecule has 1 aromatic rings. The van der Waals surface area contributed by atoms with E-state index in [0.717, 1.165) is 0 Å². The Hall–Kier alpha value is -0.550. The van der Waals surface area contributed by atoms with Gasteiger partial charge in [-0.2, -0.15) is 0 Å². The molecular formula is C8H9BrF2N2. The Morgan fingerprint density at radius 1 is 1.46 bits per heavy atom. The van der Waals surface area contributed by atoms with Crippen molar-refractivity contribution in [1.82, 2.24) is 4.98 Å². The normalized spacial score (nSPS) is 13.3. The highest BCUT2D eigenvalue weighted by Crippen LogP contribution is 2.18. The summed E-state index contributed by atoms with van der Waals surface area (Å²) in [5.74, 6) is 0. The molecule has 5 heteroatoms. The number of nitrogens with two attached hydrogens (primary N) is 1. The van der Waals surface area contributed by atoms with Crippen molar-refractivity contribution in [1.29, 1.82) is 0 Å². The van der Waals surface area contributed by atoms with Gasteiger partial charge in [0.25, 0.3) is 0 Å². The first-order valence-corrected chi connectivity index (χ1v) is 4.54. The van der Waals surface area contributed by atoms with Gasteiger partial charge < -0.3 is 5.73 Å². The fourth-order valence-electron chi connectivity index (χ4n) is 0.935. The van der Waals surface area contributed by atoms with Crippen LogP contribution in [0.1, 0.15) is 18.0 Å². The van der Waals surface area contributed by atoms with Crippen molar-refractivity contribution in [3.05, 3.63) is 28.5 Å². The zero-order valence-electron chi connectivity index (χ0n) is 6.75. The summed E-state index contributed by atoms with van der Waals surface area (Å²) in [6.45, 7) is 0. The van der Waals surface area contributed by atoms with Crippen LogP contribution in [0.25, 0.3) is 0 Å². The molecule has 0 aliphatic heterocycles. The summed E-state index contributed by atoms with van der Waals surface area (Å²) < 4.78 is 24.5. The minimum atomic E-state index is -2.38. The Bertz CT molecular complexity index is 263. The zero-order valence-corrected chi connectivity index (χ0v) is 8.34. The fraction of sp³-hybridized carbons (Fsp3) is 0.375. The number of hydrogen-bond acceptors (Lipinski definition) is 2. The van der Waals surface area contributed by atoms with Crippen LogP contribution < -0.4 is 5.73 Å².